The first kappa shape index (κ1) is 14.4. The van der Waals surface area contributed by atoms with Crippen LogP contribution in [0, 0.1) is 0 Å². The lowest BCUT2D eigenvalue weighted by atomic mass is 10.1. The molecule has 5 nitrogen and oxygen atoms in total. The molecule has 8 heteroatoms. The number of hydrogen-bond acceptors (Lipinski definition) is 3. The number of aliphatic carboxylic acids is 1. The Morgan fingerprint density at radius 2 is 1.83 bits per heavy atom. The Morgan fingerprint density at radius 3 is 2.28 bits per heavy atom. The van der Waals surface area contributed by atoms with Crippen LogP contribution in [0.4, 0.5) is 14.5 Å². The fraction of sp³-hybridized carbons (Fsp3) is 0.300. The number of carbonyl (C=O) groups is 1. The molecular formula is C10H11F2NO4S. The summed E-state index contributed by atoms with van der Waals surface area (Å²) < 4.78 is 47.6. The third-order valence-electron chi connectivity index (χ3n) is 2.08. The minimum Gasteiger partial charge on any atom is -0.481 e. The van der Waals surface area contributed by atoms with Gasteiger partial charge in [0.1, 0.15) is 0 Å². The largest absolute Gasteiger partial charge is 0.481 e. The van der Waals surface area contributed by atoms with E-state index in [0.29, 0.717) is 5.56 Å². The predicted octanol–water partition coefficient (Wildman–Crippen LogP) is 1.67. The molecule has 2 N–H and O–H groups in total. The fourth-order valence-corrected chi connectivity index (χ4v) is 1.75. The van der Waals surface area contributed by atoms with Gasteiger partial charge in [-0.25, -0.2) is 8.42 Å². The molecule has 0 saturated heterocycles. The van der Waals surface area contributed by atoms with Crippen LogP contribution >= 0.6 is 0 Å². The number of halogens is 2. The summed E-state index contributed by atoms with van der Waals surface area (Å²) in [5.41, 5.74) is 0.687. The van der Waals surface area contributed by atoms with Gasteiger partial charge in [-0.3, -0.25) is 9.52 Å². The van der Waals surface area contributed by atoms with Gasteiger partial charge in [0.25, 0.3) is 10.0 Å². The highest BCUT2D eigenvalue weighted by molar-refractivity contribution is 7.93. The second-order valence-electron chi connectivity index (χ2n) is 3.50. The number of carboxylic acid groups (broad SMARTS) is 1. The van der Waals surface area contributed by atoms with E-state index < -0.39 is 21.8 Å². The van der Waals surface area contributed by atoms with Gasteiger partial charge in [-0.1, -0.05) is 12.1 Å². The maximum Gasteiger partial charge on any atom is 0.355 e. The molecule has 0 aliphatic carbocycles. The zero-order valence-corrected chi connectivity index (χ0v) is 9.95. The molecule has 0 aliphatic rings. The Labute approximate surface area is 102 Å². The quantitative estimate of drug-likeness (QED) is 0.829. The normalized spacial score (nSPS) is 11.5. The topological polar surface area (TPSA) is 83.5 Å². The van der Waals surface area contributed by atoms with Gasteiger partial charge >= 0.3 is 11.7 Å². The molecular weight excluding hydrogens is 268 g/mol. The second kappa shape index (κ2) is 5.76. The molecule has 0 unspecified atom stereocenters. The van der Waals surface area contributed by atoms with E-state index in [4.69, 9.17) is 5.11 Å². The summed E-state index contributed by atoms with van der Waals surface area (Å²) in [6.07, 6.45) is 0.235. The van der Waals surface area contributed by atoms with Gasteiger partial charge in [0, 0.05) is 12.1 Å². The number of anilines is 1. The van der Waals surface area contributed by atoms with Crippen molar-refractivity contribution in [2.45, 2.75) is 18.6 Å². The summed E-state index contributed by atoms with van der Waals surface area (Å²) in [6.45, 7) is 0. The fourth-order valence-electron chi connectivity index (χ4n) is 1.20. The van der Waals surface area contributed by atoms with Crippen molar-refractivity contribution in [2.24, 2.45) is 0 Å². The van der Waals surface area contributed by atoms with Gasteiger partial charge in [-0.2, -0.15) is 8.78 Å². The molecule has 0 atom stereocenters. The van der Waals surface area contributed by atoms with Crippen molar-refractivity contribution < 1.29 is 27.1 Å². The minimum absolute atomic E-state index is 0.00868. The molecule has 18 heavy (non-hydrogen) atoms. The summed E-state index contributed by atoms with van der Waals surface area (Å²) in [7, 11) is -4.67. The second-order valence-corrected chi connectivity index (χ2v) is 5.15. The van der Waals surface area contributed by atoms with Crippen molar-refractivity contribution in [3.8, 4) is 0 Å². The number of aryl methyl sites for hydroxylation is 1. The standard InChI is InChI=1S/C10H11F2NO4S/c11-10(12)18(16,17)13-8-4-1-7(2-5-8)3-6-9(14)15/h1-2,4-5,10,13H,3,6H2,(H,14,15). The van der Waals surface area contributed by atoms with E-state index in [1.165, 1.54) is 24.3 Å². The molecule has 0 fully saturated rings. The van der Waals surface area contributed by atoms with Crippen molar-refractivity contribution in [3.05, 3.63) is 29.8 Å². The molecule has 100 valence electrons. The molecule has 0 heterocycles. The van der Waals surface area contributed by atoms with Crippen molar-refractivity contribution in [3.63, 3.8) is 0 Å². The summed E-state index contributed by atoms with van der Waals surface area (Å²) in [4.78, 5) is 10.3. The highest BCUT2D eigenvalue weighted by atomic mass is 32.2. The summed E-state index contributed by atoms with van der Waals surface area (Å²) >= 11 is 0. The number of sulfonamides is 1. The van der Waals surface area contributed by atoms with Crippen molar-refractivity contribution >= 4 is 21.7 Å². The van der Waals surface area contributed by atoms with Crippen LogP contribution in [0.5, 0.6) is 0 Å². The lowest BCUT2D eigenvalue weighted by Crippen LogP contribution is -2.20. The predicted molar refractivity (Wildman–Crippen MR) is 60.9 cm³/mol. The zero-order valence-electron chi connectivity index (χ0n) is 9.14. The van der Waals surface area contributed by atoms with E-state index in [0.717, 1.165) is 0 Å². The van der Waals surface area contributed by atoms with Crippen LogP contribution < -0.4 is 4.72 Å². The average molecular weight is 279 g/mol. The first-order valence-electron chi connectivity index (χ1n) is 4.92. The monoisotopic (exact) mass is 279 g/mol. The molecule has 0 saturated carbocycles. The van der Waals surface area contributed by atoms with Crippen LogP contribution in [0.1, 0.15) is 12.0 Å². The van der Waals surface area contributed by atoms with Gasteiger partial charge in [-0.05, 0) is 24.1 Å². The third kappa shape index (κ3) is 4.28. The van der Waals surface area contributed by atoms with Crippen LogP contribution in [0.15, 0.2) is 24.3 Å². The summed E-state index contributed by atoms with van der Waals surface area (Å²) in [5.74, 6) is -4.44. The SMILES string of the molecule is O=C(O)CCc1ccc(NS(=O)(=O)C(F)F)cc1. The van der Waals surface area contributed by atoms with Gasteiger partial charge < -0.3 is 5.11 Å². The van der Waals surface area contributed by atoms with Crippen LogP contribution in [-0.4, -0.2) is 25.3 Å². The third-order valence-corrected chi connectivity index (χ3v) is 3.07. The van der Waals surface area contributed by atoms with E-state index >= 15 is 0 Å². The average Bonchev–Trinajstić information content (AvgIpc) is 2.27. The van der Waals surface area contributed by atoms with E-state index in [1.54, 1.807) is 4.72 Å². The van der Waals surface area contributed by atoms with Gasteiger partial charge in [0.2, 0.25) is 0 Å². The van der Waals surface area contributed by atoms with E-state index in [2.05, 4.69) is 0 Å². The van der Waals surface area contributed by atoms with Crippen LogP contribution in [-0.2, 0) is 21.2 Å². The molecule has 0 bridgehead atoms. The molecule has 0 radical (unpaired) electrons. The number of alkyl halides is 2. The Balaban J connectivity index is 2.69. The summed E-state index contributed by atoms with van der Waals surface area (Å²) in [6, 6.07) is 5.56. The van der Waals surface area contributed by atoms with Gasteiger partial charge in [0.15, 0.2) is 0 Å². The van der Waals surface area contributed by atoms with Crippen LogP contribution in [0.25, 0.3) is 0 Å². The molecule has 1 aromatic rings. The van der Waals surface area contributed by atoms with Crippen molar-refractivity contribution in [1.29, 1.82) is 0 Å². The highest BCUT2D eigenvalue weighted by Crippen LogP contribution is 2.15. The molecule has 0 spiro atoms. The van der Waals surface area contributed by atoms with Crippen LogP contribution in [0.2, 0.25) is 0 Å². The molecule has 0 amide bonds. The number of hydrogen-bond donors (Lipinski definition) is 2. The lowest BCUT2D eigenvalue weighted by molar-refractivity contribution is -0.136. The maximum absolute atomic E-state index is 12.1. The number of carboxylic acids is 1. The Morgan fingerprint density at radius 1 is 1.28 bits per heavy atom. The minimum atomic E-state index is -4.67. The Kier molecular flexibility index (Phi) is 4.60. The molecule has 0 aliphatic heterocycles. The zero-order chi connectivity index (χ0) is 13.8. The molecule has 1 rings (SSSR count). The van der Waals surface area contributed by atoms with Gasteiger partial charge in [-0.15, -0.1) is 0 Å². The number of rotatable bonds is 6. The maximum atomic E-state index is 12.1. The lowest BCUT2D eigenvalue weighted by Gasteiger charge is -2.07. The van der Waals surface area contributed by atoms with Crippen LogP contribution in [0.3, 0.4) is 0 Å². The van der Waals surface area contributed by atoms with E-state index in [9.17, 15) is 22.0 Å². The van der Waals surface area contributed by atoms with Gasteiger partial charge in [0.05, 0.1) is 0 Å². The van der Waals surface area contributed by atoms with Crippen molar-refractivity contribution in [1.82, 2.24) is 0 Å². The highest BCUT2D eigenvalue weighted by Gasteiger charge is 2.23. The summed E-state index contributed by atoms with van der Waals surface area (Å²) in [5, 5.41) is 8.47. The van der Waals surface area contributed by atoms with E-state index in [-0.39, 0.29) is 18.5 Å². The smallest absolute Gasteiger partial charge is 0.355 e. The Bertz CT molecular complexity index is 513. The van der Waals surface area contributed by atoms with E-state index in [1.807, 2.05) is 0 Å². The van der Waals surface area contributed by atoms with Crippen molar-refractivity contribution in [2.75, 3.05) is 4.72 Å². The first-order chi connectivity index (χ1) is 8.31. The Hall–Kier alpha value is -1.70. The number of benzene rings is 1. The molecule has 1 aromatic carbocycles. The number of nitrogens with one attached hydrogen (secondary N) is 1. The first-order valence-corrected chi connectivity index (χ1v) is 6.46. The molecule has 0 aromatic heterocycles.